The number of hydrogen-bond donors (Lipinski definition) is 1. The SMILES string of the molecule is CCn1c2ccccc2c2cc(CNC3CCCc4ccccc43)ccc21. The first-order valence-corrected chi connectivity index (χ1v) is 10.2. The predicted molar refractivity (Wildman–Crippen MR) is 114 cm³/mol. The van der Waals surface area contributed by atoms with Crippen LogP contribution in [-0.4, -0.2) is 4.57 Å². The molecule has 2 heteroatoms. The maximum Gasteiger partial charge on any atom is 0.0491 e. The normalized spacial score (nSPS) is 16.7. The minimum atomic E-state index is 0.475. The number of fused-ring (bicyclic) bond motifs is 4. The van der Waals surface area contributed by atoms with Gasteiger partial charge in [-0.25, -0.2) is 0 Å². The Balaban J connectivity index is 1.46. The molecule has 1 unspecified atom stereocenters. The van der Waals surface area contributed by atoms with Crippen LogP contribution in [0.25, 0.3) is 21.8 Å². The van der Waals surface area contributed by atoms with E-state index in [9.17, 15) is 0 Å². The van der Waals surface area contributed by atoms with E-state index in [1.165, 1.54) is 57.8 Å². The summed E-state index contributed by atoms with van der Waals surface area (Å²) in [6.45, 7) is 4.14. The third-order valence-corrected chi connectivity index (χ3v) is 6.08. The summed E-state index contributed by atoms with van der Waals surface area (Å²) in [5.41, 5.74) is 7.05. The fraction of sp³-hybridized carbons (Fsp3) is 0.280. The van der Waals surface area contributed by atoms with Gasteiger partial charge in [-0.1, -0.05) is 48.5 Å². The zero-order valence-electron chi connectivity index (χ0n) is 15.9. The molecule has 1 atom stereocenters. The molecule has 136 valence electrons. The minimum absolute atomic E-state index is 0.475. The summed E-state index contributed by atoms with van der Waals surface area (Å²) in [5.74, 6) is 0. The van der Waals surface area contributed by atoms with Crippen molar-refractivity contribution < 1.29 is 0 Å². The second-order valence-corrected chi connectivity index (χ2v) is 7.64. The van der Waals surface area contributed by atoms with Gasteiger partial charge in [-0.05, 0) is 61.1 Å². The third kappa shape index (κ3) is 2.85. The van der Waals surface area contributed by atoms with Crippen molar-refractivity contribution in [3.8, 4) is 0 Å². The Morgan fingerprint density at radius 2 is 1.74 bits per heavy atom. The van der Waals surface area contributed by atoms with E-state index in [0.717, 1.165) is 13.1 Å². The van der Waals surface area contributed by atoms with E-state index in [1.807, 2.05) is 0 Å². The number of aryl methyl sites for hydroxylation is 2. The fourth-order valence-corrected chi connectivity index (χ4v) is 4.76. The lowest BCUT2D eigenvalue weighted by molar-refractivity contribution is 0.459. The van der Waals surface area contributed by atoms with Gasteiger partial charge in [0.05, 0.1) is 0 Å². The van der Waals surface area contributed by atoms with Crippen LogP contribution in [0.2, 0.25) is 0 Å². The van der Waals surface area contributed by atoms with Gasteiger partial charge in [0.25, 0.3) is 0 Å². The minimum Gasteiger partial charge on any atom is -0.341 e. The molecule has 1 aliphatic rings. The highest BCUT2D eigenvalue weighted by molar-refractivity contribution is 6.08. The summed E-state index contributed by atoms with van der Waals surface area (Å²) in [4.78, 5) is 0. The predicted octanol–water partition coefficient (Wildman–Crippen LogP) is 5.98. The van der Waals surface area contributed by atoms with Crippen molar-refractivity contribution >= 4 is 21.8 Å². The Morgan fingerprint density at radius 1 is 0.926 bits per heavy atom. The smallest absolute Gasteiger partial charge is 0.0491 e. The Labute approximate surface area is 160 Å². The highest BCUT2D eigenvalue weighted by atomic mass is 15.0. The molecule has 0 saturated carbocycles. The molecule has 3 aromatic carbocycles. The van der Waals surface area contributed by atoms with Crippen LogP contribution in [0.5, 0.6) is 0 Å². The first-order valence-electron chi connectivity index (χ1n) is 10.2. The summed E-state index contributed by atoms with van der Waals surface area (Å²) in [7, 11) is 0. The van der Waals surface area contributed by atoms with E-state index >= 15 is 0 Å². The van der Waals surface area contributed by atoms with Gasteiger partial charge in [-0.15, -0.1) is 0 Å². The van der Waals surface area contributed by atoms with E-state index in [0.29, 0.717) is 6.04 Å². The topological polar surface area (TPSA) is 17.0 Å². The van der Waals surface area contributed by atoms with Gasteiger partial charge in [0.2, 0.25) is 0 Å². The van der Waals surface area contributed by atoms with Gasteiger partial charge in [-0.2, -0.15) is 0 Å². The zero-order chi connectivity index (χ0) is 18.2. The molecule has 0 bridgehead atoms. The molecule has 1 aliphatic carbocycles. The van der Waals surface area contributed by atoms with Crippen LogP contribution < -0.4 is 5.32 Å². The maximum absolute atomic E-state index is 3.82. The molecule has 4 aromatic rings. The molecule has 0 radical (unpaired) electrons. The van der Waals surface area contributed by atoms with Gasteiger partial charge >= 0.3 is 0 Å². The van der Waals surface area contributed by atoms with Crippen LogP contribution >= 0.6 is 0 Å². The van der Waals surface area contributed by atoms with Gasteiger partial charge in [-0.3, -0.25) is 0 Å². The molecular formula is C25H26N2. The molecule has 1 aromatic heterocycles. The van der Waals surface area contributed by atoms with Crippen LogP contribution in [0, 0.1) is 0 Å². The van der Waals surface area contributed by atoms with Crippen molar-refractivity contribution in [3.63, 3.8) is 0 Å². The van der Waals surface area contributed by atoms with Crippen molar-refractivity contribution in [2.24, 2.45) is 0 Å². The van der Waals surface area contributed by atoms with E-state index in [4.69, 9.17) is 0 Å². The molecule has 0 saturated heterocycles. The summed E-state index contributed by atoms with van der Waals surface area (Å²) < 4.78 is 2.42. The van der Waals surface area contributed by atoms with Crippen LogP contribution in [0.15, 0.2) is 66.7 Å². The van der Waals surface area contributed by atoms with Gasteiger partial charge < -0.3 is 9.88 Å². The quantitative estimate of drug-likeness (QED) is 0.477. The lowest BCUT2D eigenvalue weighted by Crippen LogP contribution is -2.24. The van der Waals surface area contributed by atoms with Crippen LogP contribution in [-0.2, 0) is 19.5 Å². The van der Waals surface area contributed by atoms with E-state index in [2.05, 4.69) is 83.5 Å². The van der Waals surface area contributed by atoms with Crippen molar-refractivity contribution in [1.82, 2.24) is 9.88 Å². The van der Waals surface area contributed by atoms with Gasteiger partial charge in [0, 0.05) is 40.9 Å². The number of nitrogens with one attached hydrogen (secondary N) is 1. The van der Waals surface area contributed by atoms with Gasteiger partial charge in [0.1, 0.15) is 0 Å². The molecule has 0 aliphatic heterocycles. The molecule has 0 fully saturated rings. The van der Waals surface area contributed by atoms with E-state index in [-0.39, 0.29) is 0 Å². The van der Waals surface area contributed by atoms with Crippen molar-refractivity contribution in [2.45, 2.75) is 45.3 Å². The maximum atomic E-state index is 3.82. The van der Waals surface area contributed by atoms with Crippen LogP contribution in [0.3, 0.4) is 0 Å². The number of aromatic nitrogens is 1. The first-order chi connectivity index (χ1) is 13.3. The largest absolute Gasteiger partial charge is 0.341 e. The summed E-state index contributed by atoms with van der Waals surface area (Å²) in [6, 6.07) is 25.1. The standard InChI is InChI=1S/C25H26N2/c1-2-27-24-13-6-5-11-21(24)22-16-18(14-15-25(22)27)17-26-23-12-7-9-19-8-3-4-10-20(19)23/h3-6,8,10-11,13-16,23,26H,2,7,9,12,17H2,1H3. The number of benzene rings is 3. The Kier molecular flexibility index (Phi) is 4.21. The number of hydrogen-bond acceptors (Lipinski definition) is 1. The fourth-order valence-electron chi connectivity index (χ4n) is 4.76. The van der Waals surface area contributed by atoms with Crippen LogP contribution in [0.1, 0.15) is 42.5 Å². The molecule has 0 amide bonds. The Bertz CT molecular complexity index is 1110. The summed E-state index contributed by atoms with van der Waals surface area (Å²) in [6.07, 6.45) is 3.73. The van der Waals surface area contributed by atoms with Crippen LogP contribution in [0.4, 0.5) is 0 Å². The Morgan fingerprint density at radius 3 is 2.67 bits per heavy atom. The molecule has 1 heterocycles. The highest BCUT2D eigenvalue weighted by Crippen LogP contribution is 2.31. The molecule has 1 N–H and O–H groups in total. The average molecular weight is 354 g/mol. The monoisotopic (exact) mass is 354 g/mol. The van der Waals surface area contributed by atoms with Crippen molar-refractivity contribution in [2.75, 3.05) is 0 Å². The lowest BCUT2D eigenvalue weighted by atomic mass is 9.87. The lowest BCUT2D eigenvalue weighted by Gasteiger charge is -2.26. The van der Waals surface area contributed by atoms with E-state index in [1.54, 1.807) is 0 Å². The molecule has 27 heavy (non-hydrogen) atoms. The summed E-state index contributed by atoms with van der Waals surface area (Å²) in [5, 5.41) is 6.55. The number of para-hydroxylation sites is 1. The highest BCUT2D eigenvalue weighted by Gasteiger charge is 2.19. The third-order valence-electron chi connectivity index (χ3n) is 6.08. The number of nitrogens with zero attached hydrogens (tertiary/aromatic N) is 1. The second-order valence-electron chi connectivity index (χ2n) is 7.64. The summed E-state index contributed by atoms with van der Waals surface area (Å²) >= 11 is 0. The van der Waals surface area contributed by atoms with Crippen molar-refractivity contribution in [1.29, 1.82) is 0 Å². The zero-order valence-corrected chi connectivity index (χ0v) is 15.9. The molecule has 5 rings (SSSR count). The average Bonchev–Trinajstić information content (AvgIpc) is 3.05. The first kappa shape index (κ1) is 16.6. The van der Waals surface area contributed by atoms with Gasteiger partial charge in [0.15, 0.2) is 0 Å². The molecule has 0 spiro atoms. The van der Waals surface area contributed by atoms with E-state index < -0.39 is 0 Å². The molecule has 2 nitrogen and oxygen atoms in total. The number of rotatable bonds is 4. The van der Waals surface area contributed by atoms with Crippen molar-refractivity contribution in [3.05, 3.63) is 83.4 Å². The molecular weight excluding hydrogens is 328 g/mol. The second kappa shape index (κ2) is 6.86. The Hall–Kier alpha value is -2.58.